The van der Waals surface area contributed by atoms with Gasteiger partial charge in [0.2, 0.25) is 0 Å². The van der Waals surface area contributed by atoms with Crippen molar-refractivity contribution in [2.75, 3.05) is 0 Å². The van der Waals surface area contributed by atoms with E-state index in [1.807, 2.05) is 0 Å². The van der Waals surface area contributed by atoms with Crippen LogP contribution in [0.1, 0.15) is 22.6 Å². The maximum atomic E-state index is 6.96. The Morgan fingerprint density at radius 3 is 1.77 bits per heavy atom. The summed E-state index contributed by atoms with van der Waals surface area (Å²) in [4.78, 5) is 0. The van der Waals surface area contributed by atoms with E-state index in [0.29, 0.717) is 0 Å². The van der Waals surface area contributed by atoms with Crippen LogP contribution in [0.15, 0.2) is 162 Å². The van der Waals surface area contributed by atoms with Gasteiger partial charge in [-0.2, -0.15) is 0 Å². The van der Waals surface area contributed by atoms with E-state index in [4.69, 9.17) is 9.15 Å². The summed E-state index contributed by atoms with van der Waals surface area (Å²) < 4.78 is 13.8. The quantitative estimate of drug-likeness (QED) is 0.212. The number of hydrogen-bond donors (Lipinski definition) is 0. The van der Waals surface area contributed by atoms with E-state index in [1.165, 1.54) is 39.0 Å². The fraction of sp³-hybridized carbons (Fsp3) is 0.0476. The van der Waals surface area contributed by atoms with Crippen molar-refractivity contribution in [3.63, 3.8) is 0 Å². The Kier molecular flexibility index (Phi) is 5.67. The summed E-state index contributed by atoms with van der Waals surface area (Å²) in [6, 6.07) is 51.3. The monoisotopic (exact) mass is 564 g/mol. The summed E-state index contributed by atoms with van der Waals surface area (Å²) in [6.07, 6.45) is 4.54. The Balaban J connectivity index is 1.27. The number of ether oxygens (including phenoxy) is 1. The van der Waals surface area contributed by atoms with E-state index >= 15 is 0 Å². The molecule has 1 aromatic heterocycles. The predicted octanol–water partition coefficient (Wildman–Crippen LogP) is 10.9. The van der Waals surface area contributed by atoms with Crippen molar-refractivity contribution >= 4 is 33.1 Å². The minimum Gasteiger partial charge on any atom is -0.480 e. The van der Waals surface area contributed by atoms with Crippen molar-refractivity contribution in [1.29, 1.82) is 0 Å². The first kappa shape index (κ1) is 24.9. The van der Waals surface area contributed by atoms with Gasteiger partial charge in [-0.05, 0) is 57.7 Å². The highest BCUT2D eigenvalue weighted by molar-refractivity contribution is 6.13. The molecule has 1 aliphatic heterocycles. The van der Waals surface area contributed by atoms with Gasteiger partial charge in [0.1, 0.15) is 11.7 Å². The SMILES string of the molecule is C1=C(c2ccccc2)C=C(c2ccccc2)C2Oc3c(ccc4c3oc3c(-c5ccccc5)cc(-c5ccccc5)cc34)C12. The molecule has 0 radical (unpaired) electrons. The molecule has 0 amide bonds. The lowest BCUT2D eigenvalue weighted by Gasteiger charge is -2.26. The van der Waals surface area contributed by atoms with Gasteiger partial charge in [0.15, 0.2) is 11.3 Å². The molecule has 208 valence electrons. The molecule has 0 fully saturated rings. The lowest BCUT2D eigenvalue weighted by molar-refractivity contribution is 0.278. The topological polar surface area (TPSA) is 22.4 Å². The molecular formula is C42H28O2. The van der Waals surface area contributed by atoms with Crippen molar-refractivity contribution in [2.45, 2.75) is 12.0 Å². The average Bonchev–Trinajstić information content (AvgIpc) is 3.68. The van der Waals surface area contributed by atoms with Crippen LogP contribution < -0.4 is 4.74 Å². The third-order valence-electron chi connectivity index (χ3n) is 9.04. The maximum absolute atomic E-state index is 6.96. The van der Waals surface area contributed by atoms with E-state index in [2.05, 4.69) is 158 Å². The van der Waals surface area contributed by atoms with Crippen LogP contribution in [0.4, 0.5) is 0 Å². The number of fused-ring (bicyclic) bond motifs is 7. The van der Waals surface area contributed by atoms with Gasteiger partial charge in [0.25, 0.3) is 0 Å². The van der Waals surface area contributed by atoms with E-state index in [1.54, 1.807) is 0 Å². The van der Waals surface area contributed by atoms with Gasteiger partial charge < -0.3 is 9.15 Å². The zero-order valence-corrected chi connectivity index (χ0v) is 24.0. The zero-order valence-electron chi connectivity index (χ0n) is 24.0. The smallest absolute Gasteiger partial charge is 0.177 e. The molecule has 0 saturated heterocycles. The molecule has 2 aliphatic rings. The van der Waals surface area contributed by atoms with Crippen LogP contribution in [-0.2, 0) is 0 Å². The fourth-order valence-electron chi connectivity index (χ4n) is 6.92. The first-order chi connectivity index (χ1) is 21.8. The molecule has 2 heteroatoms. The second-order valence-electron chi connectivity index (χ2n) is 11.6. The molecule has 9 rings (SSSR count). The van der Waals surface area contributed by atoms with Crippen molar-refractivity contribution in [1.82, 2.24) is 0 Å². The number of rotatable bonds is 4. The molecular weight excluding hydrogens is 536 g/mol. The van der Waals surface area contributed by atoms with Crippen molar-refractivity contribution in [3.8, 4) is 28.0 Å². The van der Waals surface area contributed by atoms with Crippen LogP contribution >= 0.6 is 0 Å². The second-order valence-corrected chi connectivity index (χ2v) is 11.6. The normalized spacial score (nSPS) is 17.1. The van der Waals surface area contributed by atoms with Gasteiger partial charge >= 0.3 is 0 Å². The number of furan rings is 1. The summed E-state index contributed by atoms with van der Waals surface area (Å²) in [5.74, 6) is 0.924. The Bertz CT molecular complexity index is 2220. The standard InChI is InChI=1S/C42H28O2/c1-5-13-27(14-6-1)31-23-35(29-17-9-3-10-18-29)39-37(25-31)33-21-22-34-38-26-32(28-15-7-2-8-16-28)24-36(30-19-11-4-12-20-30)40(38)44-42(34)41(33)43-39/h1-26,37,39H. The average molecular weight is 565 g/mol. The summed E-state index contributed by atoms with van der Waals surface area (Å²) >= 11 is 0. The lowest BCUT2D eigenvalue weighted by Crippen LogP contribution is -2.22. The largest absolute Gasteiger partial charge is 0.480 e. The highest BCUT2D eigenvalue weighted by Gasteiger charge is 2.40. The van der Waals surface area contributed by atoms with E-state index in [-0.39, 0.29) is 12.0 Å². The zero-order chi connectivity index (χ0) is 29.0. The lowest BCUT2D eigenvalue weighted by atomic mass is 9.80. The molecule has 1 aliphatic carbocycles. The van der Waals surface area contributed by atoms with E-state index in [0.717, 1.165) is 38.8 Å². The summed E-state index contributed by atoms with van der Waals surface area (Å²) in [5.41, 5.74) is 12.2. The van der Waals surface area contributed by atoms with Crippen LogP contribution in [0.5, 0.6) is 5.75 Å². The third kappa shape index (κ3) is 3.95. The van der Waals surface area contributed by atoms with Crippen molar-refractivity contribution < 1.29 is 9.15 Å². The van der Waals surface area contributed by atoms with Crippen LogP contribution in [0, 0.1) is 0 Å². The van der Waals surface area contributed by atoms with Gasteiger partial charge in [-0.15, -0.1) is 0 Å². The van der Waals surface area contributed by atoms with Crippen LogP contribution in [0.2, 0.25) is 0 Å². The van der Waals surface area contributed by atoms with E-state index in [9.17, 15) is 0 Å². The fourth-order valence-corrected chi connectivity index (χ4v) is 6.92. The highest BCUT2D eigenvalue weighted by Crippen LogP contribution is 2.53. The minimum atomic E-state index is -0.132. The second kappa shape index (κ2) is 10.00. The molecule has 2 atom stereocenters. The predicted molar refractivity (Wildman–Crippen MR) is 181 cm³/mol. The Morgan fingerprint density at radius 1 is 0.477 bits per heavy atom. The number of allylic oxidation sites excluding steroid dienone is 2. The van der Waals surface area contributed by atoms with Gasteiger partial charge in [-0.25, -0.2) is 0 Å². The Morgan fingerprint density at radius 2 is 1.09 bits per heavy atom. The number of hydrogen-bond acceptors (Lipinski definition) is 2. The van der Waals surface area contributed by atoms with Crippen molar-refractivity contribution in [3.05, 3.63) is 174 Å². The van der Waals surface area contributed by atoms with Crippen molar-refractivity contribution in [2.24, 2.45) is 0 Å². The minimum absolute atomic E-state index is 0.0755. The first-order valence-corrected chi connectivity index (χ1v) is 15.2. The third-order valence-corrected chi connectivity index (χ3v) is 9.04. The molecule has 6 aromatic carbocycles. The molecule has 0 N–H and O–H groups in total. The molecule has 2 unspecified atom stereocenters. The van der Waals surface area contributed by atoms with E-state index < -0.39 is 0 Å². The first-order valence-electron chi connectivity index (χ1n) is 15.2. The highest BCUT2D eigenvalue weighted by atomic mass is 16.5. The van der Waals surface area contributed by atoms with Crippen LogP contribution in [-0.4, -0.2) is 6.10 Å². The summed E-state index contributed by atoms with van der Waals surface area (Å²) in [5, 5.41) is 2.17. The van der Waals surface area contributed by atoms with Gasteiger partial charge in [-0.3, -0.25) is 0 Å². The van der Waals surface area contributed by atoms with Crippen LogP contribution in [0.3, 0.4) is 0 Å². The Labute approximate surface area is 256 Å². The molecule has 2 nitrogen and oxygen atoms in total. The van der Waals surface area contributed by atoms with Gasteiger partial charge in [0, 0.05) is 33.4 Å². The molecule has 0 bridgehead atoms. The van der Waals surface area contributed by atoms with Crippen LogP contribution in [0.25, 0.3) is 55.3 Å². The Hall–Kier alpha value is -5.60. The molecule has 44 heavy (non-hydrogen) atoms. The van der Waals surface area contributed by atoms with Gasteiger partial charge in [0.05, 0.1) is 0 Å². The maximum Gasteiger partial charge on any atom is 0.177 e. The molecule has 2 heterocycles. The molecule has 0 saturated carbocycles. The van der Waals surface area contributed by atoms with Gasteiger partial charge in [-0.1, -0.05) is 133 Å². The molecule has 7 aromatic rings. The number of benzene rings is 6. The molecule has 0 spiro atoms. The summed E-state index contributed by atoms with van der Waals surface area (Å²) in [6.45, 7) is 0. The summed E-state index contributed by atoms with van der Waals surface area (Å²) in [7, 11) is 0.